The van der Waals surface area contributed by atoms with E-state index in [1.54, 1.807) is 7.11 Å². The quantitative estimate of drug-likeness (QED) is 0.786. The topological polar surface area (TPSA) is 62.7 Å². The molecule has 1 aromatic heterocycles. The molecule has 0 saturated carbocycles. The van der Waals surface area contributed by atoms with Gasteiger partial charge in [-0.1, -0.05) is 18.2 Å². The van der Waals surface area contributed by atoms with Gasteiger partial charge in [-0.15, -0.1) is 0 Å². The Morgan fingerprint density at radius 1 is 1.27 bits per heavy atom. The molecule has 5 nitrogen and oxygen atoms in total. The van der Waals surface area contributed by atoms with Crippen LogP contribution in [0.3, 0.4) is 0 Å². The zero-order valence-corrected chi connectivity index (χ0v) is 15.2. The van der Waals surface area contributed by atoms with Gasteiger partial charge in [0, 0.05) is 19.3 Å². The van der Waals surface area contributed by atoms with Crippen LogP contribution in [-0.2, 0) is 17.6 Å². The smallest absolute Gasteiger partial charge is 0.304 e. The summed E-state index contributed by atoms with van der Waals surface area (Å²) in [4.78, 5) is 18.0. The number of aryl methyl sites for hydroxylation is 1. The third-order valence-corrected chi connectivity index (χ3v) is 5.07. The van der Waals surface area contributed by atoms with Crippen LogP contribution in [0.25, 0.3) is 0 Å². The van der Waals surface area contributed by atoms with Crippen LogP contribution >= 0.6 is 0 Å². The fraction of sp³-hybridized carbons (Fsp3) is 0.429. The average molecular weight is 354 g/mol. The Balaban J connectivity index is 1.73. The molecular weight excluding hydrogens is 328 g/mol. The van der Waals surface area contributed by atoms with Crippen LogP contribution in [0.1, 0.15) is 42.1 Å². The lowest BCUT2D eigenvalue weighted by Gasteiger charge is -2.34. The second-order valence-electron chi connectivity index (χ2n) is 6.73. The molecule has 0 amide bonds. The highest BCUT2D eigenvalue weighted by molar-refractivity contribution is 5.66. The molecule has 26 heavy (non-hydrogen) atoms. The summed E-state index contributed by atoms with van der Waals surface area (Å²) >= 11 is 0. The summed E-state index contributed by atoms with van der Waals surface area (Å²) in [5.41, 5.74) is 3.65. The van der Waals surface area contributed by atoms with E-state index in [1.807, 2.05) is 24.4 Å². The van der Waals surface area contributed by atoms with Crippen molar-refractivity contribution in [3.8, 4) is 5.75 Å². The number of rotatable bonds is 8. The summed E-state index contributed by atoms with van der Waals surface area (Å²) in [5.74, 6) is 0.0957. The molecule has 0 unspecified atom stereocenters. The second-order valence-corrected chi connectivity index (χ2v) is 6.73. The molecule has 0 aliphatic heterocycles. The number of hydrogen-bond donors (Lipinski definition) is 1. The first-order chi connectivity index (χ1) is 12.7. The van der Waals surface area contributed by atoms with Gasteiger partial charge in [-0.2, -0.15) is 0 Å². The van der Waals surface area contributed by atoms with E-state index in [-0.39, 0.29) is 12.5 Å². The molecule has 1 aliphatic carbocycles. The van der Waals surface area contributed by atoms with Crippen molar-refractivity contribution in [1.29, 1.82) is 0 Å². The van der Waals surface area contributed by atoms with E-state index >= 15 is 0 Å². The van der Waals surface area contributed by atoms with E-state index in [0.717, 1.165) is 43.7 Å². The Morgan fingerprint density at radius 2 is 2.08 bits per heavy atom. The molecule has 0 radical (unpaired) electrons. The maximum atomic E-state index is 11.1. The largest absolute Gasteiger partial charge is 0.497 e. The van der Waals surface area contributed by atoms with E-state index in [0.29, 0.717) is 6.54 Å². The van der Waals surface area contributed by atoms with E-state index in [1.165, 1.54) is 11.1 Å². The fourth-order valence-electron chi connectivity index (χ4n) is 3.67. The van der Waals surface area contributed by atoms with Gasteiger partial charge in [0.05, 0.1) is 25.3 Å². The Morgan fingerprint density at radius 3 is 2.81 bits per heavy atom. The van der Waals surface area contributed by atoms with Crippen molar-refractivity contribution in [2.24, 2.45) is 0 Å². The average Bonchev–Trinajstić information content (AvgIpc) is 2.68. The van der Waals surface area contributed by atoms with Crippen molar-refractivity contribution in [3.63, 3.8) is 0 Å². The van der Waals surface area contributed by atoms with Gasteiger partial charge in [-0.3, -0.25) is 14.7 Å². The van der Waals surface area contributed by atoms with Crippen LogP contribution in [0.15, 0.2) is 42.6 Å². The number of aliphatic carboxylic acids is 1. The first kappa shape index (κ1) is 18.4. The minimum atomic E-state index is -0.753. The van der Waals surface area contributed by atoms with Gasteiger partial charge in [0.2, 0.25) is 0 Å². The second kappa shape index (κ2) is 8.81. The van der Waals surface area contributed by atoms with Gasteiger partial charge >= 0.3 is 5.97 Å². The van der Waals surface area contributed by atoms with E-state index in [9.17, 15) is 4.79 Å². The third kappa shape index (κ3) is 4.61. The van der Waals surface area contributed by atoms with Gasteiger partial charge in [-0.05, 0) is 55.0 Å². The number of methoxy groups -OCH3 is 1. The molecule has 2 aromatic rings. The summed E-state index contributed by atoms with van der Waals surface area (Å²) < 4.78 is 5.21. The lowest BCUT2D eigenvalue weighted by Crippen LogP contribution is -2.35. The van der Waals surface area contributed by atoms with Gasteiger partial charge in [-0.25, -0.2) is 0 Å². The number of nitrogens with zero attached hydrogens (tertiary/aromatic N) is 2. The van der Waals surface area contributed by atoms with E-state index in [4.69, 9.17) is 9.84 Å². The number of carboxylic acid groups (broad SMARTS) is 1. The molecule has 0 bridgehead atoms. The molecule has 5 heteroatoms. The fourth-order valence-corrected chi connectivity index (χ4v) is 3.67. The number of ether oxygens (including phenoxy) is 1. The number of carboxylic acids is 1. The number of fused-ring (bicyclic) bond motifs is 1. The molecule has 3 rings (SSSR count). The lowest BCUT2D eigenvalue weighted by atomic mass is 9.90. The van der Waals surface area contributed by atoms with E-state index < -0.39 is 5.97 Å². The highest BCUT2D eigenvalue weighted by Crippen LogP contribution is 2.33. The van der Waals surface area contributed by atoms with Crippen molar-refractivity contribution >= 4 is 5.97 Å². The van der Waals surface area contributed by atoms with Crippen molar-refractivity contribution in [1.82, 2.24) is 9.88 Å². The van der Waals surface area contributed by atoms with Crippen molar-refractivity contribution in [2.45, 2.75) is 38.1 Å². The maximum absolute atomic E-state index is 11.1. The van der Waals surface area contributed by atoms with Gasteiger partial charge < -0.3 is 9.84 Å². The van der Waals surface area contributed by atoms with Crippen molar-refractivity contribution < 1.29 is 14.6 Å². The number of carbonyl (C=O) groups is 1. The summed E-state index contributed by atoms with van der Waals surface area (Å²) in [6.07, 6.45) is 6.09. The SMILES string of the molecule is COc1ccc(CCN(CCC(=O)O)[C@H]2CCCc3cccnc32)cc1. The Bertz CT molecular complexity index is 730. The van der Waals surface area contributed by atoms with Gasteiger partial charge in [0.15, 0.2) is 0 Å². The standard InChI is InChI=1S/C21H26N2O3/c1-26-18-9-7-16(8-10-18)11-14-23(15-12-20(24)25)19-6-2-4-17-5-3-13-22-21(17)19/h3,5,7-10,13,19H,2,4,6,11-12,14-15H2,1H3,(H,24,25)/t19-/m0/s1. The molecular formula is C21H26N2O3. The van der Waals surface area contributed by atoms with Crippen molar-refractivity contribution in [3.05, 3.63) is 59.4 Å². The Kier molecular flexibility index (Phi) is 6.23. The molecule has 1 heterocycles. The number of hydrogen-bond acceptors (Lipinski definition) is 4. The maximum Gasteiger partial charge on any atom is 0.304 e. The first-order valence-corrected chi connectivity index (χ1v) is 9.20. The predicted molar refractivity (Wildman–Crippen MR) is 100 cm³/mol. The minimum absolute atomic E-state index is 0.154. The summed E-state index contributed by atoms with van der Waals surface area (Å²) in [7, 11) is 1.66. The normalized spacial score (nSPS) is 16.3. The molecule has 1 N–H and O–H groups in total. The third-order valence-electron chi connectivity index (χ3n) is 5.07. The lowest BCUT2D eigenvalue weighted by molar-refractivity contribution is -0.137. The van der Waals surface area contributed by atoms with Crippen LogP contribution in [0.4, 0.5) is 0 Å². The Hall–Kier alpha value is -2.40. The number of pyridine rings is 1. The summed E-state index contributed by atoms with van der Waals surface area (Å²) in [6.45, 7) is 1.37. The molecule has 1 aliphatic rings. The van der Waals surface area contributed by atoms with E-state index in [2.05, 4.69) is 28.1 Å². The number of benzene rings is 1. The molecule has 0 saturated heterocycles. The highest BCUT2D eigenvalue weighted by Gasteiger charge is 2.27. The van der Waals surface area contributed by atoms with Gasteiger partial charge in [0.25, 0.3) is 0 Å². The molecule has 138 valence electrons. The molecule has 1 aromatic carbocycles. The van der Waals surface area contributed by atoms with Crippen LogP contribution < -0.4 is 4.74 Å². The summed E-state index contributed by atoms with van der Waals surface area (Å²) in [6, 6.07) is 12.4. The first-order valence-electron chi connectivity index (χ1n) is 9.20. The monoisotopic (exact) mass is 354 g/mol. The Labute approximate surface area is 154 Å². The molecule has 1 atom stereocenters. The molecule has 0 fully saturated rings. The highest BCUT2D eigenvalue weighted by atomic mass is 16.5. The summed E-state index contributed by atoms with van der Waals surface area (Å²) in [5, 5.41) is 9.14. The van der Waals surface area contributed by atoms with Crippen molar-refractivity contribution in [2.75, 3.05) is 20.2 Å². The predicted octanol–water partition coefficient (Wildman–Crippen LogP) is 3.49. The van der Waals surface area contributed by atoms with Crippen LogP contribution in [0.2, 0.25) is 0 Å². The zero-order chi connectivity index (χ0) is 18.4. The molecule has 0 spiro atoms. The van der Waals surface area contributed by atoms with Gasteiger partial charge in [0.1, 0.15) is 5.75 Å². The van der Waals surface area contributed by atoms with Crippen LogP contribution in [0.5, 0.6) is 5.75 Å². The minimum Gasteiger partial charge on any atom is -0.497 e. The van der Waals surface area contributed by atoms with Crippen LogP contribution in [0, 0.1) is 0 Å². The number of aromatic nitrogens is 1. The zero-order valence-electron chi connectivity index (χ0n) is 15.2. The van der Waals surface area contributed by atoms with Crippen LogP contribution in [-0.4, -0.2) is 41.2 Å².